The molecule has 1 N–H and O–H groups in total. The van der Waals surface area contributed by atoms with Gasteiger partial charge in [-0.1, -0.05) is 13.8 Å². The van der Waals surface area contributed by atoms with E-state index in [1.54, 1.807) is 0 Å². The monoisotopic (exact) mass is 227 g/mol. The van der Waals surface area contributed by atoms with Crippen LogP contribution < -0.4 is 5.32 Å². The fourth-order valence-corrected chi connectivity index (χ4v) is 2.12. The third-order valence-electron chi connectivity index (χ3n) is 3.04. The molecule has 1 aliphatic heterocycles. The van der Waals surface area contributed by atoms with Crippen molar-refractivity contribution in [1.82, 2.24) is 15.1 Å². The molecule has 1 fully saturated rings. The summed E-state index contributed by atoms with van der Waals surface area (Å²) in [4.78, 5) is 16.3. The van der Waals surface area contributed by atoms with Crippen molar-refractivity contribution in [2.24, 2.45) is 0 Å². The fourth-order valence-electron chi connectivity index (χ4n) is 2.12. The Kier molecular flexibility index (Phi) is 5.22. The summed E-state index contributed by atoms with van der Waals surface area (Å²) in [5, 5.41) is 3.28. The number of nitrogens with one attached hydrogen (secondary N) is 1. The van der Waals surface area contributed by atoms with Crippen LogP contribution in [0.5, 0.6) is 0 Å². The molecule has 0 saturated carbocycles. The number of rotatable bonds is 4. The molecule has 16 heavy (non-hydrogen) atoms. The molecule has 0 bridgehead atoms. The molecule has 1 saturated heterocycles. The van der Waals surface area contributed by atoms with Gasteiger partial charge in [0.1, 0.15) is 0 Å². The van der Waals surface area contributed by atoms with Crippen LogP contribution in [0.3, 0.4) is 0 Å². The largest absolute Gasteiger partial charge is 0.337 e. The molecular weight excluding hydrogens is 202 g/mol. The summed E-state index contributed by atoms with van der Waals surface area (Å²) >= 11 is 0. The first-order chi connectivity index (χ1) is 7.50. The van der Waals surface area contributed by atoms with Gasteiger partial charge in [0.15, 0.2) is 0 Å². The Bertz CT molecular complexity index is 230. The highest BCUT2D eigenvalue weighted by Gasteiger charge is 2.24. The van der Waals surface area contributed by atoms with Gasteiger partial charge in [0.25, 0.3) is 0 Å². The van der Waals surface area contributed by atoms with E-state index in [0.29, 0.717) is 18.5 Å². The van der Waals surface area contributed by atoms with Gasteiger partial charge in [-0.15, -0.1) is 0 Å². The lowest BCUT2D eigenvalue weighted by Crippen LogP contribution is -2.53. The van der Waals surface area contributed by atoms with Gasteiger partial charge in [0, 0.05) is 44.7 Å². The molecule has 1 atom stereocenters. The minimum absolute atomic E-state index is 0.286. The van der Waals surface area contributed by atoms with E-state index >= 15 is 0 Å². The van der Waals surface area contributed by atoms with Crippen molar-refractivity contribution >= 4 is 5.91 Å². The zero-order chi connectivity index (χ0) is 12.1. The average Bonchev–Trinajstić information content (AvgIpc) is 2.16. The molecule has 1 rings (SSSR count). The molecular formula is C12H25N3O. The van der Waals surface area contributed by atoms with Gasteiger partial charge in [0.2, 0.25) is 5.91 Å². The molecule has 1 aliphatic rings. The van der Waals surface area contributed by atoms with Gasteiger partial charge in [-0.2, -0.15) is 0 Å². The number of carbonyl (C=O) groups excluding carboxylic acids is 1. The van der Waals surface area contributed by atoms with E-state index < -0.39 is 0 Å². The second kappa shape index (κ2) is 6.21. The Morgan fingerprint density at radius 2 is 2.12 bits per heavy atom. The summed E-state index contributed by atoms with van der Waals surface area (Å²) in [5.41, 5.74) is 0. The highest BCUT2D eigenvalue weighted by Crippen LogP contribution is 2.09. The molecule has 0 spiro atoms. The molecule has 1 heterocycles. The van der Waals surface area contributed by atoms with Crippen LogP contribution in [-0.2, 0) is 4.79 Å². The maximum atomic E-state index is 12.0. The number of amides is 1. The summed E-state index contributed by atoms with van der Waals surface area (Å²) in [6.45, 7) is 9.97. The number of hydrogen-bond acceptors (Lipinski definition) is 3. The predicted octanol–water partition coefficient (Wildman–Crippen LogP) is 0.537. The topological polar surface area (TPSA) is 35.6 Å². The average molecular weight is 227 g/mol. The second-order valence-electron chi connectivity index (χ2n) is 5.06. The van der Waals surface area contributed by atoms with E-state index in [-0.39, 0.29) is 5.91 Å². The third-order valence-corrected chi connectivity index (χ3v) is 3.04. The predicted molar refractivity (Wildman–Crippen MR) is 66.4 cm³/mol. The summed E-state index contributed by atoms with van der Waals surface area (Å²) in [6.07, 6.45) is 0.617. The van der Waals surface area contributed by atoms with Crippen LogP contribution in [0, 0.1) is 0 Å². The molecule has 4 nitrogen and oxygen atoms in total. The van der Waals surface area contributed by atoms with Crippen LogP contribution in [0.1, 0.15) is 27.2 Å². The minimum atomic E-state index is 0.286. The van der Waals surface area contributed by atoms with Gasteiger partial charge in [-0.05, 0) is 14.0 Å². The van der Waals surface area contributed by atoms with Gasteiger partial charge in [0.05, 0.1) is 0 Å². The zero-order valence-corrected chi connectivity index (χ0v) is 11.0. The molecule has 0 aliphatic carbocycles. The number of piperazine rings is 1. The zero-order valence-electron chi connectivity index (χ0n) is 11.0. The molecule has 0 aromatic carbocycles. The first-order valence-corrected chi connectivity index (χ1v) is 6.22. The first-order valence-electron chi connectivity index (χ1n) is 6.22. The first kappa shape index (κ1) is 13.5. The smallest absolute Gasteiger partial charge is 0.224 e. The second-order valence-corrected chi connectivity index (χ2v) is 5.06. The minimum Gasteiger partial charge on any atom is -0.337 e. The highest BCUT2D eigenvalue weighted by molar-refractivity contribution is 5.76. The lowest BCUT2D eigenvalue weighted by Gasteiger charge is -2.38. The number of nitrogens with zero attached hydrogens (tertiary/aromatic N) is 2. The lowest BCUT2D eigenvalue weighted by atomic mass is 10.2. The van der Waals surface area contributed by atoms with Crippen molar-refractivity contribution in [2.75, 3.05) is 33.2 Å². The molecule has 94 valence electrons. The van der Waals surface area contributed by atoms with E-state index in [0.717, 1.165) is 26.2 Å². The Balaban J connectivity index is 2.30. The van der Waals surface area contributed by atoms with E-state index in [9.17, 15) is 4.79 Å². The van der Waals surface area contributed by atoms with Crippen molar-refractivity contribution in [3.63, 3.8) is 0 Å². The Morgan fingerprint density at radius 1 is 1.44 bits per heavy atom. The van der Waals surface area contributed by atoms with Crippen molar-refractivity contribution in [3.05, 3.63) is 0 Å². The normalized spacial score (nSPS) is 22.8. The van der Waals surface area contributed by atoms with Crippen LogP contribution in [0.2, 0.25) is 0 Å². The quantitative estimate of drug-likeness (QED) is 0.761. The summed E-state index contributed by atoms with van der Waals surface area (Å²) in [5.74, 6) is 0.286. The fraction of sp³-hybridized carbons (Fsp3) is 0.917. The summed E-state index contributed by atoms with van der Waals surface area (Å²) in [7, 11) is 2.11. The standard InChI is InChI=1S/C12H25N3O/c1-10(2)13-6-5-12(16)15-8-7-14(4)9-11(15)3/h10-11,13H,5-9H2,1-4H3. The van der Waals surface area contributed by atoms with Gasteiger partial charge in [-0.25, -0.2) is 0 Å². The number of hydrogen-bond donors (Lipinski definition) is 1. The summed E-state index contributed by atoms with van der Waals surface area (Å²) in [6, 6.07) is 0.808. The van der Waals surface area contributed by atoms with Crippen LogP contribution in [0.25, 0.3) is 0 Å². The highest BCUT2D eigenvalue weighted by atomic mass is 16.2. The molecule has 1 amide bonds. The van der Waals surface area contributed by atoms with Crippen molar-refractivity contribution in [1.29, 1.82) is 0 Å². The van der Waals surface area contributed by atoms with E-state index in [1.807, 2.05) is 4.90 Å². The maximum absolute atomic E-state index is 12.0. The van der Waals surface area contributed by atoms with E-state index in [1.165, 1.54) is 0 Å². The molecule has 1 unspecified atom stereocenters. The van der Waals surface area contributed by atoms with Crippen LogP contribution >= 0.6 is 0 Å². The molecule has 0 radical (unpaired) electrons. The third kappa shape index (κ3) is 4.10. The van der Waals surface area contributed by atoms with Crippen molar-refractivity contribution < 1.29 is 4.79 Å². The van der Waals surface area contributed by atoms with Gasteiger partial charge < -0.3 is 15.1 Å². The molecule has 0 aromatic rings. The van der Waals surface area contributed by atoms with Crippen LogP contribution in [-0.4, -0.2) is 61.0 Å². The number of likely N-dealkylation sites (N-methyl/N-ethyl adjacent to an activating group) is 1. The van der Waals surface area contributed by atoms with Gasteiger partial charge in [-0.3, -0.25) is 4.79 Å². The van der Waals surface area contributed by atoms with Crippen molar-refractivity contribution in [3.8, 4) is 0 Å². The number of carbonyl (C=O) groups is 1. The Labute approximate surface area is 99.0 Å². The summed E-state index contributed by atoms with van der Waals surface area (Å²) < 4.78 is 0. The van der Waals surface area contributed by atoms with Crippen LogP contribution in [0.4, 0.5) is 0 Å². The van der Waals surface area contributed by atoms with Crippen LogP contribution in [0.15, 0.2) is 0 Å². The Morgan fingerprint density at radius 3 is 2.69 bits per heavy atom. The molecule has 4 heteroatoms. The Hall–Kier alpha value is -0.610. The SMILES string of the molecule is CC(C)NCCC(=O)N1CCN(C)CC1C. The molecule has 0 aromatic heterocycles. The maximum Gasteiger partial charge on any atom is 0.224 e. The van der Waals surface area contributed by atoms with Crippen molar-refractivity contribution in [2.45, 2.75) is 39.3 Å². The van der Waals surface area contributed by atoms with Gasteiger partial charge >= 0.3 is 0 Å². The van der Waals surface area contributed by atoms with E-state index in [2.05, 4.69) is 38.0 Å². The lowest BCUT2D eigenvalue weighted by molar-refractivity contribution is -0.135. The van der Waals surface area contributed by atoms with E-state index in [4.69, 9.17) is 0 Å².